The first-order valence-electron chi connectivity index (χ1n) is 6.33. The van der Waals surface area contributed by atoms with Crippen molar-refractivity contribution in [3.8, 4) is 28.6 Å². The molecule has 3 aromatic rings. The molecule has 0 amide bonds. The van der Waals surface area contributed by atoms with Crippen LogP contribution in [0.1, 0.15) is 0 Å². The molecule has 0 unspecified atom stereocenters. The number of ether oxygens (including phenoxy) is 2. The molecule has 2 aromatic carbocycles. The Balaban J connectivity index is 2.16. The first kappa shape index (κ1) is 15.2. The molecular weight excluding hydrogens is 416 g/mol. The van der Waals surface area contributed by atoms with Gasteiger partial charge in [-0.1, -0.05) is 0 Å². The molecule has 2 N–H and O–H groups in total. The van der Waals surface area contributed by atoms with Crippen molar-refractivity contribution in [1.82, 2.24) is 9.97 Å². The summed E-state index contributed by atoms with van der Waals surface area (Å²) in [7, 11) is 3.18. The quantitative estimate of drug-likeness (QED) is 0.646. The highest BCUT2D eigenvalue weighted by molar-refractivity contribution is 9.11. The van der Waals surface area contributed by atoms with Gasteiger partial charge in [0.1, 0.15) is 11.6 Å². The van der Waals surface area contributed by atoms with Gasteiger partial charge in [-0.25, -0.2) is 4.98 Å². The summed E-state index contributed by atoms with van der Waals surface area (Å²) in [6.45, 7) is 0. The van der Waals surface area contributed by atoms with Gasteiger partial charge in [0.25, 0.3) is 0 Å². The van der Waals surface area contributed by atoms with Gasteiger partial charge in [0.15, 0.2) is 11.5 Å². The minimum Gasteiger partial charge on any atom is -0.506 e. The zero-order valence-corrected chi connectivity index (χ0v) is 14.9. The monoisotopic (exact) mass is 426 g/mol. The van der Waals surface area contributed by atoms with Crippen LogP contribution in [-0.2, 0) is 0 Å². The van der Waals surface area contributed by atoms with E-state index in [-0.39, 0.29) is 5.75 Å². The Morgan fingerprint density at radius 1 is 1.00 bits per heavy atom. The van der Waals surface area contributed by atoms with Crippen LogP contribution < -0.4 is 9.47 Å². The smallest absolute Gasteiger partial charge is 0.163 e. The molecule has 0 aliphatic carbocycles. The minimum absolute atomic E-state index is 0.156. The predicted octanol–water partition coefficient (Wildman–Crippen LogP) is 4.48. The van der Waals surface area contributed by atoms with Crippen LogP contribution in [0.3, 0.4) is 0 Å². The summed E-state index contributed by atoms with van der Waals surface area (Å²) in [4.78, 5) is 7.81. The molecule has 0 aliphatic heterocycles. The van der Waals surface area contributed by atoms with E-state index in [1.54, 1.807) is 26.4 Å². The fourth-order valence-corrected chi connectivity index (χ4v) is 3.36. The van der Waals surface area contributed by atoms with Gasteiger partial charge in [-0.2, -0.15) is 0 Å². The minimum atomic E-state index is 0.156. The molecule has 1 aromatic heterocycles. The maximum Gasteiger partial charge on any atom is 0.163 e. The lowest BCUT2D eigenvalue weighted by Gasteiger charge is -2.06. The van der Waals surface area contributed by atoms with Gasteiger partial charge >= 0.3 is 0 Å². The second-order valence-electron chi connectivity index (χ2n) is 4.60. The second kappa shape index (κ2) is 5.81. The maximum absolute atomic E-state index is 9.80. The number of halogens is 2. The fraction of sp³-hybridized carbons (Fsp3) is 0.133. The highest BCUT2D eigenvalue weighted by atomic mass is 79.9. The van der Waals surface area contributed by atoms with Crippen molar-refractivity contribution in [2.75, 3.05) is 14.2 Å². The molecule has 3 rings (SSSR count). The standard InChI is InChI=1S/C15H12Br2N2O3/c1-21-12-5-10-11(6-13(12)22-2)19-15(18-10)7-3-8(16)14(20)9(17)4-7/h3-6,20H,1-2H3,(H,18,19). The molecule has 1 heterocycles. The largest absolute Gasteiger partial charge is 0.506 e. The fourth-order valence-electron chi connectivity index (χ4n) is 2.18. The maximum atomic E-state index is 9.80. The van der Waals surface area contributed by atoms with E-state index in [1.165, 1.54) is 0 Å². The summed E-state index contributed by atoms with van der Waals surface area (Å²) in [5.74, 6) is 2.11. The SMILES string of the molecule is COc1cc2nc(-c3cc(Br)c(O)c(Br)c3)[nH]c2cc1OC. The molecule has 0 saturated carbocycles. The van der Waals surface area contributed by atoms with E-state index >= 15 is 0 Å². The lowest BCUT2D eigenvalue weighted by Crippen LogP contribution is -1.89. The lowest BCUT2D eigenvalue weighted by molar-refractivity contribution is 0.356. The number of aromatic amines is 1. The van der Waals surface area contributed by atoms with Gasteiger partial charge in [-0.15, -0.1) is 0 Å². The Morgan fingerprint density at radius 2 is 1.59 bits per heavy atom. The van der Waals surface area contributed by atoms with Crippen molar-refractivity contribution in [3.05, 3.63) is 33.2 Å². The molecule has 0 bridgehead atoms. The zero-order valence-electron chi connectivity index (χ0n) is 11.8. The first-order chi connectivity index (χ1) is 10.5. The van der Waals surface area contributed by atoms with E-state index in [1.807, 2.05) is 12.1 Å². The van der Waals surface area contributed by atoms with Gasteiger partial charge < -0.3 is 19.6 Å². The summed E-state index contributed by atoms with van der Waals surface area (Å²) in [6.07, 6.45) is 0. The number of methoxy groups -OCH3 is 2. The number of aromatic nitrogens is 2. The van der Waals surface area contributed by atoms with E-state index in [0.717, 1.165) is 16.6 Å². The summed E-state index contributed by atoms with van der Waals surface area (Å²) >= 11 is 6.64. The number of benzene rings is 2. The van der Waals surface area contributed by atoms with E-state index in [2.05, 4.69) is 41.8 Å². The summed E-state index contributed by atoms with van der Waals surface area (Å²) < 4.78 is 11.8. The average Bonchev–Trinajstić information content (AvgIpc) is 2.93. The third kappa shape index (κ3) is 2.55. The number of H-pyrrole nitrogens is 1. The number of rotatable bonds is 3. The summed E-state index contributed by atoms with van der Waals surface area (Å²) in [5.41, 5.74) is 2.45. The molecule has 0 spiro atoms. The van der Waals surface area contributed by atoms with Crippen LogP contribution >= 0.6 is 31.9 Å². The second-order valence-corrected chi connectivity index (χ2v) is 6.31. The van der Waals surface area contributed by atoms with Crippen molar-refractivity contribution in [2.24, 2.45) is 0 Å². The van der Waals surface area contributed by atoms with Crippen molar-refractivity contribution in [1.29, 1.82) is 0 Å². The highest BCUT2D eigenvalue weighted by Crippen LogP contribution is 2.37. The molecule has 0 radical (unpaired) electrons. The summed E-state index contributed by atoms with van der Waals surface area (Å²) in [6, 6.07) is 7.26. The molecule has 7 heteroatoms. The zero-order chi connectivity index (χ0) is 15.9. The molecule has 114 valence electrons. The van der Waals surface area contributed by atoms with E-state index in [9.17, 15) is 5.11 Å². The lowest BCUT2D eigenvalue weighted by atomic mass is 10.2. The number of nitrogens with zero attached hydrogens (tertiary/aromatic N) is 1. The number of fused-ring (bicyclic) bond motifs is 1. The normalized spacial score (nSPS) is 10.9. The Bertz CT molecular complexity index is 797. The summed E-state index contributed by atoms with van der Waals surface area (Å²) in [5, 5.41) is 9.80. The van der Waals surface area contributed by atoms with Crippen molar-refractivity contribution >= 4 is 42.9 Å². The number of aromatic hydroxyl groups is 1. The molecular formula is C15H12Br2N2O3. The van der Waals surface area contributed by atoms with Crippen LogP contribution in [0.15, 0.2) is 33.2 Å². The number of phenolic OH excluding ortho intramolecular Hbond substituents is 1. The third-order valence-electron chi connectivity index (χ3n) is 3.28. The van der Waals surface area contributed by atoms with Crippen molar-refractivity contribution in [3.63, 3.8) is 0 Å². The van der Waals surface area contributed by atoms with Gasteiger partial charge in [0.2, 0.25) is 0 Å². The molecule has 0 aliphatic rings. The van der Waals surface area contributed by atoms with Gasteiger partial charge in [-0.3, -0.25) is 0 Å². The van der Waals surface area contributed by atoms with E-state index < -0.39 is 0 Å². The number of phenols is 1. The van der Waals surface area contributed by atoms with Crippen LogP contribution in [-0.4, -0.2) is 29.3 Å². The highest BCUT2D eigenvalue weighted by Gasteiger charge is 2.13. The third-order valence-corrected chi connectivity index (χ3v) is 4.49. The van der Waals surface area contributed by atoms with E-state index in [0.29, 0.717) is 26.3 Å². The van der Waals surface area contributed by atoms with Crippen LogP contribution in [0.4, 0.5) is 0 Å². The average molecular weight is 428 g/mol. The molecule has 0 atom stereocenters. The Labute approximate surface area is 143 Å². The van der Waals surface area contributed by atoms with E-state index in [4.69, 9.17) is 9.47 Å². The van der Waals surface area contributed by atoms with Crippen LogP contribution in [0.25, 0.3) is 22.4 Å². The van der Waals surface area contributed by atoms with Gasteiger partial charge in [0, 0.05) is 17.7 Å². The number of hydrogen-bond donors (Lipinski definition) is 2. The van der Waals surface area contributed by atoms with Crippen LogP contribution in [0, 0.1) is 0 Å². The molecule has 0 fully saturated rings. The topological polar surface area (TPSA) is 67.4 Å². The molecule has 0 saturated heterocycles. The number of hydrogen-bond acceptors (Lipinski definition) is 4. The Kier molecular flexibility index (Phi) is 4.01. The number of imidazole rings is 1. The molecule has 5 nitrogen and oxygen atoms in total. The Morgan fingerprint density at radius 3 is 2.18 bits per heavy atom. The molecule has 22 heavy (non-hydrogen) atoms. The predicted molar refractivity (Wildman–Crippen MR) is 91.7 cm³/mol. The van der Waals surface area contributed by atoms with Gasteiger partial charge in [-0.05, 0) is 44.0 Å². The van der Waals surface area contributed by atoms with Crippen molar-refractivity contribution in [2.45, 2.75) is 0 Å². The van der Waals surface area contributed by atoms with Gasteiger partial charge in [0.05, 0.1) is 34.2 Å². The number of nitrogens with one attached hydrogen (secondary N) is 1. The van der Waals surface area contributed by atoms with Crippen molar-refractivity contribution < 1.29 is 14.6 Å². The van der Waals surface area contributed by atoms with Crippen LogP contribution in [0.2, 0.25) is 0 Å². The Hall–Kier alpha value is -1.73. The van der Waals surface area contributed by atoms with Crippen LogP contribution in [0.5, 0.6) is 17.2 Å². The first-order valence-corrected chi connectivity index (χ1v) is 7.92.